The van der Waals surface area contributed by atoms with Crippen molar-refractivity contribution in [2.45, 2.75) is 59.2 Å². The van der Waals surface area contributed by atoms with E-state index in [0.29, 0.717) is 44.6 Å². The summed E-state index contributed by atoms with van der Waals surface area (Å²) < 4.78 is 17.9. The van der Waals surface area contributed by atoms with Crippen molar-refractivity contribution in [3.8, 4) is 23.0 Å². The van der Waals surface area contributed by atoms with E-state index in [9.17, 15) is 4.79 Å². The molecule has 42 heavy (non-hydrogen) atoms. The number of anilines is 1. The lowest BCUT2D eigenvalue weighted by molar-refractivity contribution is 0.0213. The molecule has 1 amide bonds. The fourth-order valence-electron chi connectivity index (χ4n) is 5.03. The lowest BCUT2D eigenvalue weighted by Gasteiger charge is -2.42. The first-order valence-electron chi connectivity index (χ1n) is 14.9. The molecule has 4 rings (SSSR count). The third-order valence-electron chi connectivity index (χ3n) is 7.09. The number of nitrogens with zero attached hydrogens (tertiary/aromatic N) is 5. The number of amides is 1. The summed E-state index contributed by atoms with van der Waals surface area (Å²) >= 11 is 0. The van der Waals surface area contributed by atoms with Crippen LogP contribution in [0, 0.1) is 0 Å². The fourth-order valence-corrected chi connectivity index (χ4v) is 5.03. The maximum atomic E-state index is 12.8. The van der Waals surface area contributed by atoms with Gasteiger partial charge in [-0.1, -0.05) is 37.3 Å². The van der Waals surface area contributed by atoms with E-state index in [-0.39, 0.29) is 12.1 Å². The molecule has 1 aromatic carbocycles. The summed E-state index contributed by atoms with van der Waals surface area (Å²) in [5, 5.41) is 0. The predicted octanol–water partition coefficient (Wildman–Crippen LogP) is 5.89. The van der Waals surface area contributed by atoms with E-state index < -0.39 is 5.60 Å². The molecule has 9 heteroatoms. The minimum atomic E-state index is -0.531. The van der Waals surface area contributed by atoms with Gasteiger partial charge in [-0.25, -0.2) is 14.8 Å². The summed E-state index contributed by atoms with van der Waals surface area (Å²) in [6, 6.07) is 18.4. The first-order chi connectivity index (χ1) is 20.2. The zero-order valence-corrected chi connectivity index (χ0v) is 25.9. The summed E-state index contributed by atoms with van der Waals surface area (Å²) in [6.45, 7) is 14.1. The first-order valence-corrected chi connectivity index (χ1v) is 14.9. The third kappa shape index (κ3) is 8.35. The van der Waals surface area contributed by atoms with Crippen LogP contribution >= 0.6 is 0 Å². The van der Waals surface area contributed by atoms with Gasteiger partial charge in [-0.3, -0.25) is 4.90 Å². The van der Waals surface area contributed by atoms with Gasteiger partial charge in [0.05, 0.1) is 17.9 Å². The molecule has 0 saturated carbocycles. The van der Waals surface area contributed by atoms with Crippen molar-refractivity contribution in [1.82, 2.24) is 19.8 Å². The molecule has 0 bridgehead atoms. The summed E-state index contributed by atoms with van der Waals surface area (Å²) in [7, 11) is 2.09. The Balaban J connectivity index is 1.56. The molecule has 1 fully saturated rings. The van der Waals surface area contributed by atoms with Crippen molar-refractivity contribution in [2.75, 3.05) is 51.3 Å². The number of pyridine rings is 2. The number of ether oxygens (including phenoxy) is 3. The van der Waals surface area contributed by atoms with Crippen LogP contribution < -0.4 is 14.4 Å². The highest BCUT2D eigenvalue weighted by Crippen LogP contribution is 2.35. The molecule has 9 nitrogen and oxygen atoms in total. The summed E-state index contributed by atoms with van der Waals surface area (Å²) in [5.41, 5.74) is 3.20. The Labute approximate surface area is 250 Å². The smallest absolute Gasteiger partial charge is 0.410 e. The molecule has 2 aromatic heterocycles. The van der Waals surface area contributed by atoms with E-state index in [4.69, 9.17) is 19.2 Å². The average Bonchev–Trinajstić information content (AvgIpc) is 2.97. The van der Waals surface area contributed by atoms with Gasteiger partial charge in [0, 0.05) is 45.0 Å². The number of likely N-dealkylation sites (N-methyl/N-ethyl adjacent to an activating group) is 1. The Morgan fingerprint density at radius 1 is 1.00 bits per heavy atom. The zero-order valence-electron chi connectivity index (χ0n) is 25.9. The summed E-state index contributed by atoms with van der Waals surface area (Å²) in [5.74, 6) is 1.11. The lowest BCUT2D eigenvalue weighted by Crippen LogP contribution is -2.55. The number of rotatable bonds is 11. The van der Waals surface area contributed by atoms with Gasteiger partial charge in [0.1, 0.15) is 17.9 Å². The molecule has 0 aliphatic carbocycles. The number of hydrogen-bond donors (Lipinski definition) is 0. The molecule has 1 aliphatic heterocycles. The van der Waals surface area contributed by atoms with Gasteiger partial charge in [0.25, 0.3) is 0 Å². The normalized spacial score (nSPS) is 15.5. The summed E-state index contributed by atoms with van der Waals surface area (Å²) in [4.78, 5) is 28.6. The third-order valence-corrected chi connectivity index (χ3v) is 7.09. The molecular weight excluding hydrogens is 530 g/mol. The Morgan fingerprint density at radius 3 is 2.50 bits per heavy atom. The SMILES string of the molecule is CCOc1ncccc1-c1ccc(N2CCN(C(=O)OC(C)(C)C)C[C@H]2CC)c(OCCN(C)Cc2ccccc2)n1. The highest BCUT2D eigenvalue weighted by molar-refractivity contribution is 5.71. The van der Waals surface area contributed by atoms with Crippen LogP contribution in [0.3, 0.4) is 0 Å². The van der Waals surface area contributed by atoms with E-state index in [1.165, 1.54) is 5.56 Å². The Bertz CT molecular complexity index is 1300. The van der Waals surface area contributed by atoms with Gasteiger partial charge < -0.3 is 24.0 Å². The molecule has 0 spiro atoms. The second kappa shape index (κ2) is 14.4. The van der Waals surface area contributed by atoms with Crippen molar-refractivity contribution >= 4 is 11.8 Å². The van der Waals surface area contributed by atoms with E-state index in [1.807, 2.05) is 52.0 Å². The highest BCUT2D eigenvalue weighted by atomic mass is 16.6. The molecule has 0 radical (unpaired) electrons. The Hall–Kier alpha value is -3.85. The van der Waals surface area contributed by atoms with Crippen LogP contribution in [0.1, 0.15) is 46.6 Å². The van der Waals surface area contributed by atoms with Crippen LogP contribution in [0.15, 0.2) is 60.8 Å². The monoisotopic (exact) mass is 575 g/mol. The van der Waals surface area contributed by atoms with Crippen molar-refractivity contribution in [3.05, 3.63) is 66.4 Å². The second-order valence-electron chi connectivity index (χ2n) is 11.6. The largest absolute Gasteiger partial charge is 0.477 e. The maximum Gasteiger partial charge on any atom is 0.410 e. The average molecular weight is 576 g/mol. The van der Waals surface area contributed by atoms with Crippen LogP contribution in [0.25, 0.3) is 11.3 Å². The van der Waals surface area contributed by atoms with Crippen molar-refractivity contribution < 1.29 is 19.0 Å². The topological polar surface area (TPSA) is 80.3 Å². The number of benzene rings is 1. The first kappa shape index (κ1) is 31.1. The molecule has 3 aromatic rings. The maximum absolute atomic E-state index is 12.8. The highest BCUT2D eigenvalue weighted by Gasteiger charge is 2.33. The van der Waals surface area contributed by atoms with E-state index >= 15 is 0 Å². The van der Waals surface area contributed by atoms with E-state index in [0.717, 1.165) is 36.5 Å². The Morgan fingerprint density at radius 2 is 1.79 bits per heavy atom. The van der Waals surface area contributed by atoms with Gasteiger partial charge in [-0.15, -0.1) is 0 Å². The quantitative estimate of drug-likeness (QED) is 0.280. The molecule has 1 aliphatic rings. The van der Waals surface area contributed by atoms with Gasteiger partial charge in [-0.05, 0) is 71.0 Å². The lowest BCUT2D eigenvalue weighted by atomic mass is 10.1. The predicted molar refractivity (Wildman–Crippen MR) is 166 cm³/mol. The molecule has 0 unspecified atom stereocenters. The van der Waals surface area contributed by atoms with Gasteiger partial charge in [0.15, 0.2) is 0 Å². The van der Waals surface area contributed by atoms with Crippen LogP contribution in [0.2, 0.25) is 0 Å². The van der Waals surface area contributed by atoms with E-state index in [2.05, 4.69) is 59.1 Å². The van der Waals surface area contributed by atoms with Crippen molar-refractivity contribution in [1.29, 1.82) is 0 Å². The van der Waals surface area contributed by atoms with Gasteiger partial charge >= 0.3 is 6.09 Å². The standard InChI is InChI=1S/C33H45N5O4/c1-7-26-24-37(32(39)42-33(3,4)5)19-20-38(26)29-17-16-28(27-15-12-18-34-30(27)40-8-2)35-31(29)41-22-21-36(6)23-25-13-10-9-11-14-25/h9-18,26H,7-8,19-24H2,1-6H3/t26-/m1/s1. The Kier molecular flexibility index (Phi) is 10.6. The molecule has 226 valence electrons. The van der Waals surface area contributed by atoms with Gasteiger partial charge in [0.2, 0.25) is 11.8 Å². The molecule has 1 saturated heterocycles. The van der Waals surface area contributed by atoms with Crippen molar-refractivity contribution in [3.63, 3.8) is 0 Å². The molecule has 0 N–H and O–H groups in total. The number of piperazine rings is 1. The minimum Gasteiger partial charge on any atom is -0.477 e. The van der Waals surface area contributed by atoms with Crippen LogP contribution in [-0.2, 0) is 11.3 Å². The minimum absolute atomic E-state index is 0.0967. The zero-order chi connectivity index (χ0) is 30.1. The molecular formula is C33H45N5O4. The van der Waals surface area contributed by atoms with Crippen LogP contribution in [-0.4, -0.2) is 83.9 Å². The van der Waals surface area contributed by atoms with Gasteiger partial charge in [-0.2, -0.15) is 0 Å². The number of aromatic nitrogens is 2. The fraction of sp³-hybridized carbons (Fsp3) is 0.485. The number of carbonyl (C=O) groups excluding carboxylic acids is 1. The van der Waals surface area contributed by atoms with E-state index in [1.54, 1.807) is 11.1 Å². The molecule has 3 heterocycles. The van der Waals surface area contributed by atoms with Crippen molar-refractivity contribution in [2.24, 2.45) is 0 Å². The number of carbonyl (C=O) groups is 1. The van der Waals surface area contributed by atoms with Crippen LogP contribution in [0.5, 0.6) is 11.8 Å². The molecule has 1 atom stereocenters. The van der Waals surface area contributed by atoms with Crippen LogP contribution in [0.4, 0.5) is 10.5 Å². The summed E-state index contributed by atoms with van der Waals surface area (Å²) in [6.07, 6.45) is 2.31. The number of hydrogen-bond acceptors (Lipinski definition) is 8. The second-order valence-corrected chi connectivity index (χ2v) is 11.6.